The Morgan fingerprint density at radius 3 is 2.71 bits per heavy atom. The normalized spacial score (nSPS) is 17.9. The largest absolute Gasteiger partial charge is 0.449 e. The molecule has 0 N–H and O–H groups in total. The van der Waals surface area contributed by atoms with Crippen molar-refractivity contribution in [2.24, 2.45) is 0 Å². The Balaban J connectivity index is 1.95. The molecule has 1 atom stereocenters. The summed E-state index contributed by atoms with van der Waals surface area (Å²) in [7, 11) is 1.63. The van der Waals surface area contributed by atoms with Crippen LogP contribution in [0, 0.1) is 11.3 Å². The van der Waals surface area contributed by atoms with Crippen molar-refractivity contribution in [2.45, 2.75) is 50.7 Å². The SMILES string of the molecule is C[C@@H](OC(=O)/C=C/c1cccs1)C(=O)N(C)C1(C#N)CCCCC1. The van der Waals surface area contributed by atoms with Crippen LogP contribution in [0.4, 0.5) is 0 Å². The molecule has 0 bridgehead atoms. The molecule has 1 heterocycles. The molecule has 1 saturated carbocycles. The minimum Gasteiger partial charge on any atom is -0.449 e. The number of likely N-dealkylation sites (N-methyl/N-ethyl adjacent to an activating group) is 1. The zero-order valence-corrected chi connectivity index (χ0v) is 14.8. The first-order chi connectivity index (χ1) is 11.5. The molecule has 1 aromatic rings. The molecule has 0 aliphatic heterocycles. The van der Waals surface area contributed by atoms with E-state index >= 15 is 0 Å². The van der Waals surface area contributed by atoms with E-state index in [1.54, 1.807) is 20.0 Å². The second-order valence-corrected chi connectivity index (χ2v) is 7.01. The maximum atomic E-state index is 12.6. The predicted molar refractivity (Wildman–Crippen MR) is 93.1 cm³/mol. The van der Waals surface area contributed by atoms with E-state index in [-0.39, 0.29) is 5.91 Å². The molecule has 0 unspecified atom stereocenters. The fourth-order valence-electron chi connectivity index (χ4n) is 2.94. The highest BCUT2D eigenvalue weighted by atomic mass is 32.1. The summed E-state index contributed by atoms with van der Waals surface area (Å²) in [6.45, 7) is 1.55. The molecule has 1 fully saturated rings. The van der Waals surface area contributed by atoms with Gasteiger partial charge in [0.1, 0.15) is 5.54 Å². The van der Waals surface area contributed by atoms with E-state index < -0.39 is 17.6 Å². The second-order valence-electron chi connectivity index (χ2n) is 6.03. The average molecular weight is 346 g/mol. The molecule has 0 saturated heterocycles. The number of hydrogen-bond donors (Lipinski definition) is 0. The zero-order valence-electron chi connectivity index (χ0n) is 14.0. The molecule has 128 valence electrons. The van der Waals surface area contributed by atoms with Crippen molar-refractivity contribution in [3.8, 4) is 6.07 Å². The molecular formula is C18H22N2O3S. The van der Waals surface area contributed by atoms with Gasteiger partial charge in [0.25, 0.3) is 5.91 Å². The van der Waals surface area contributed by atoms with Gasteiger partial charge < -0.3 is 9.64 Å². The summed E-state index contributed by atoms with van der Waals surface area (Å²) in [5.74, 6) is -0.899. The van der Waals surface area contributed by atoms with E-state index in [9.17, 15) is 14.9 Å². The van der Waals surface area contributed by atoms with Crippen LogP contribution in [-0.2, 0) is 14.3 Å². The smallest absolute Gasteiger partial charge is 0.331 e. The van der Waals surface area contributed by atoms with Gasteiger partial charge in [0.2, 0.25) is 0 Å². The summed E-state index contributed by atoms with van der Waals surface area (Å²) in [5, 5.41) is 11.5. The molecule has 1 amide bonds. The molecule has 1 aliphatic carbocycles. The highest BCUT2D eigenvalue weighted by molar-refractivity contribution is 7.10. The number of amides is 1. The summed E-state index contributed by atoms with van der Waals surface area (Å²) in [6.07, 6.45) is 6.36. The van der Waals surface area contributed by atoms with Crippen LogP contribution in [-0.4, -0.2) is 35.5 Å². The molecule has 1 aliphatic rings. The highest BCUT2D eigenvalue weighted by Gasteiger charge is 2.40. The number of hydrogen-bond acceptors (Lipinski definition) is 5. The highest BCUT2D eigenvalue weighted by Crippen LogP contribution is 2.32. The first-order valence-corrected chi connectivity index (χ1v) is 8.97. The Morgan fingerprint density at radius 1 is 1.42 bits per heavy atom. The Morgan fingerprint density at radius 2 is 2.12 bits per heavy atom. The summed E-state index contributed by atoms with van der Waals surface area (Å²) in [5.41, 5.74) is -0.775. The molecule has 6 heteroatoms. The van der Waals surface area contributed by atoms with Crippen LogP contribution in [0.1, 0.15) is 43.9 Å². The number of ether oxygens (including phenoxy) is 1. The second kappa shape index (κ2) is 8.11. The Kier molecular flexibility index (Phi) is 6.16. The van der Waals surface area contributed by atoms with Gasteiger partial charge in [-0.15, -0.1) is 11.3 Å². The van der Waals surface area contributed by atoms with Gasteiger partial charge in [0, 0.05) is 18.0 Å². The number of esters is 1. The third-order valence-corrected chi connectivity index (χ3v) is 5.27. The lowest BCUT2D eigenvalue weighted by atomic mass is 9.81. The quantitative estimate of drug-likeness (QED) is 0.605. The van der Waals surface area contributed by atoms with Gasteiger partial charge in [0.15, 0.2) is 6.10 Å². The standard InChI is InChI=1S/C18H22N2O3S/c1-14(23-16(21)9-8-15-7-6-12-24-15)17(22)20(2)18(13-19)10-4-3-5-11-18/h6-9,12,14H,3-5,10-11H2,1-2H3/b9-8+/t14-/m1/s1. The molecule has 1 aromatic heterocycles. The van der Waals surface area contributed by atoms with Gasteiger partial charge >= 0.3 is 5.97 Å². The number of thiophene rings is 1. The van der Waals surface area contributed by atoms with E-state index in [1.165, 1.54) is 22.3 Å². The lowest BCUT2D eigenvalue weighted by molar-refractivity contribution is -0.157. The number of nitrogens with zero attached hydrogens (tertiary/aromatic N) is 2. The third kappa shape index (κ3) is 4.24. The van der Waals surface area contributed by atoms with Crippen LogP contribution < -0.4 is 0 Å². The number of nitriles is 1. The lowest BCUT2D eigenvalue weighted by Gasteiger charge is -2.39. The summed E-state index contributed by atoms with van der Waals surface area (Å²) < 4.78 is 5.19. The van der Waals surface area contributed by atoms with E-state index in [0.29, 0.717) is 12.8 Å². The Labute approximate surface area is 146 Å². The minimum atomic E-state index is -0.914. The molecule has 0 aromatic carbocycles. The van der Waals surface area contributed by atoms with Gasteiger partial charge in [-0.25, -0.2) is 4.79 Å². The van der Waals surface area contributed by atoms with Gasteiger partial charge in [0.05, 0.1) is 6.07 Å². The van der Waals surface area contributed by atoms with Crippen LogP contribution in [0.25, 0.3) is 6.08 Å². The van der Waals surface area contributed by atoms with Crippen LogP contribution in [0.3, 0.4) is 0 Å². The minimum absolute atomic E-state index is 0.337. The van der Waals surface area contributed by atoms with E-state index in [0.717, 1.165) is 24.1 Å². The van der Waals surface area contributed by atoms with Gasteiger partial charge in [-0.05, 0) is 37.3 Å². The lowest BCUT2D eigenvalue weighted by Crippen LogP contribution is -2.53. The number of carbonyl (C=O) groups is 2. The van der Waals surface area contributed by atoms with Crippen LogP contribution in [0.5, 0.6) is 0 Å². The molecule has 0 radical (unpaired) electrons. The van der Waals surface area contributed by atoms with Crippen molar-refractivity contribution < 1.29 is 14.3 Å². The van der Waals surface area contributed by atoms with Crippen LogP contribution >= 0.6 is 11.3 Å². The summed E-state index contributed by atoms with van der Waals surface area (Å²) in [4.78, 5) is 26.8. The topological polar surface area (TPSA) is 70.4 Å². The van der Waals surface area contributed by atoms with Gasteiger partial charge in [-0.2, -0.15) is 5.26 Å². The third-order valence-electron chi connectivity index (χ3n) is 4.43. The fourth-order valence-corrected chi connectivity index (χ4v) is 3.56. The van der Waals surface area contributed by atoms with Crippen LogP contribution in [0.2, 0.25) is 0 Å². The maximum absolute atomic E-state index is 12.6. The monoisotopic (exact) mass is 346 g/mol. The van der Waals surface area contributed by atoms with Crippen LogP contribution in [0.15, 0.2) is 23.6 Å². The number of carbonyl (C=O) groups excluding carboxylic acids is 2. The average Bonchev–Trinajstić information content (AvgIpc) is 3.12. The molecule has 24 heavy (non-hydrogen) atoms. The van der Waals surface area contributed by atoms with Crippen molar-refractivity contribution >= 4 is 29.3 Å². The zero-order chi connectivity index (χ0) is 17.6. The summed E-state index contributed by atoms with van der Waals surface area (Å²) >= 11 is 1.51. The van der Waals surface area contributed by atoms with Crippen molar-refractivity contribution in [2.75, 3.05) is 7.05 Å². The van der Waals surface area contributed by atoms with E-state index in [2.05, 4.69) is 6.07 Å². The van der Waals surface area contributed by atoms with Crippen molar-refractivity contribution in [3.63, 3.8) is 0 Å². The number of rotatable bonds is 5. The predicted octanol–water partition coefficient (Wildman–Crippen LogP) is 3.38. The van der Waals surface area contributed by atoms with E-state index in [4.69, 9.17) is 4.74 Å². The van der Waals surface area contributed by atoms with Gasteiger partial charge in [-0.3, -0.25) is 4.79 Å². The maximum Gasteiger partial charge on any atom is 0.331 e. The summed E-state index contributed by atoms with van der Waals surface area (Å²) in [6, 6.07) is 6.08. The van der Waals surface area contributed by atoms with E-state index in [1.807, 2.05) is 17.5 Å². The molecule has 0 spiro atoms. The Bertz CT molecular complexity index is 640. The fraction of sp³-hybridized carbons (Fsp3) is 0.500. The first-order valence-electron chi connectivity index (χ1n) is 8.10. The Hall–Kier alpha value is -2.13. The van der Waals surface area contributed by atoms with Crippen molar-refractivity contribution in [1.82, 2.24) is 4.90 Å². The molecular weight excluding hydrogens is 324 g/mol. The molecule has 5 nitrogen and oxygen atoms in total. The van der Waals surface area contributed by atoms with Gasteiger partial charge in [-0.1, -0.05) is 25.3 Å². The molecule has 2 rings (SSSR count). The van der Waals surface area contributed by atoms with Crippen molar-refractivity contribution in [3.05, 3.63) is 28.5 Å². The van der Waals surface area contributed by atoms with Crippen molar-refractivity contribution in [1.29, 1.82) is 5.26 Å². The first kappa shape index (κ1) is 18.2.